The molecule has 1 aliphatic heterocycles. The van der Waals surface area contributed by atoms with Gasteiger partial charge in [0.05, 0.1) is 0 Å². The van der Waals surface area contributed by atoms with Crippen molar-refractivity contribution < 1.29 is 9.47 Å². The van der Waals surface area contributed by atoms with E-state index in [4.69, 9.17) is 14.9 Å². The molecular formula is C11H14N2O2. The van der Waals surface area contributed by atoms with Gasteiger partial charge >= 0.3 is 0 Å². The molecule has 2 N–H and O–H groups in total. The lowest BCUT2D eigenvalue weighted by atomic mass is 10.1. The lowest BCUT2D eigenvalue weighted by Crippen LogP contribution is -2.43. The van der Waals surface area contributed by atoms with Gasteiger partial charge in [0, 0.05) is 24.8 Å². The van der Waals surface area contributed by atoms with Gasteiger partial charge in [-0.25, -0.2) is 0 Å². The van der Waals surface area contributed by atoms with Gasteiger partial charge in [-0.3, -0.25) is 5.41 Å². The van der Waals surface area contributed by atoms with Crippen LogP contribution >= 0.6 is 0 Å². The van der Waals surface area contributed by atoms with Gasteiger partial charge < -0.3 is 14.8 Å². The van der Waals surface area contributed by atoms with Crippen LogP contribution < -0.4 is 5.32 Å². The maximum Gasteiger partial charge on any atom is 0.279 e. The number of hydrogen-bond acceptors (Lipinski definition) is 3. The minimum absolute atomic E-state index is 0.334. The second kappa shape index (κ2) is 3.64. The standard InChI is InChI=1S/C11H14N2O2/c1-3-15-11(14-2)9-7-5-4-6-8(9)10(12)13-11/h4-7H,3H2,1-2H3,(H2,12,13). The number of benzene rings is 1. The molecule has 4 heteroatoms. The summed E-state index contributed by atoms with van der Waals surface area (Å²) in [5.74, 6) is -0.650. The molecule has 0 spiro atoms. The molecule has 0 saturated heterocycles. The van der Waals surface area contributed by atoms with Crippen molar-refractivity contribution in [1.29, 1.82) is 5.41 Å². The number of fused-ring (bicyclic) bond motifs is 1. The van der Waals surface area contributed by atoms with Gasteiger partial charge in [0.15, 0.2) is 0 Å². The van der Waals surface area contributed by atoms with E-state index in [1.807, 2.05) is 31.2 Å². The predicted molar refractivity (Wildman–Crippen MR) is 56.7 cm³/mol. The Balaban J connectivity index is 2.50. The zero-order valence-corrected chi connectivity index (χ0v) is 8.83. The topological polar surface area (TPSA) is 54.3 Å². The first-order valence-electron chi connectivity index (χ1n) is 4.89. The molecule has 0 aliphatic carbocycles. The van der Waals surface area contributed by atoms with Gasteiger partial charge in [-0.05, 0) is 6.92 Å². The molecule has 15 heavy (non-hydrogen) atoms. The third kappa shape index (κ3) is 1.42. The molecule has 0 radical (unpaired) electrons. The highest BCUT2D eigenvalue weighted by Crippen LogP contribution is 2.32. The Morgan fingerprint density at radius 2 is 2.13 bits per heavy atom. The highest BCUT2D eigenvalue weighted by molar-refractivity contribution is 6.01. The van der Waals surface area contributed by atoms with Crippen molar-refractivity contribution in [3.63, 3.8) is 0 Å². The predicted octanol–water partition coefficient (Wildman–Crippen LogP) is 1.41. The highest BCUT2D eigenvalue weighted by atomic mass is 16.7. The Bertz CT molecular complexity index is 392. The van der Waals surface area contributed by atoms with Crippen molar-refractivity contribution in [2.24, 2.45) is 0 Å². The van der Waals surface area contributed by atoms with E-state index in [0.717, 1.165) is 11.1 Å². The molecule has 2 rings (SSSR count). The lowest BCUT2D eigenvalue weighted by Gasteiger charge is -2.28. The lowest BCUT2D eigenvalue weighted by molar-refractivity contribution is -0.236. The van der Waals surface area contributed by atoms with Gasteiger partial charge in [-0.2, -0.15) is 0 Å². The van der Waals surface area contributed by atoms with Crippen molar-refractivity contribution in [3.8, 4) is 0 Å². The second-order valence-corrected chi connectivity index (χ2v) is 3.30. The van der Waals surface area contributed by atoms with Crippen molar-refractivity contribution in [1.82, 2.24) is 5.32 Å². The molecule has 1 aromatic rings. The van der Waals surface area contributed by atoms with Gasteiger partial charge in [-0.15, -0.1) is 0 Å². The summed E-state index contributed by atoms with van der Waals surface area (Å²) < 4.78 is 10.9. The summed E-state index contributed by atoms with van der Waals surface area (Å²) in [6.07, 6.45) is 0. The van der Waals surface area contributed by atoms with Gasteiger partial charge in [-0.1, -0.05) is 24.3 Å². The Kier molecular flexibility index (Phi) is 2.46. The second-order valence-electron chi connectivity index (χ2n) is 3.30. The number of nitrogens with one attached hydrogen (secondary N) is 2. The first-order chi connectivity index (χ1) is 7.23. The van der Waals surface area contributed by atoms with E-state index in [1.54, 1.807) is 7.11 Å². The molecule has 1 aliphatic rings. The number of amidine groups is 1. The molecule has 0 amide bonds. The van der Waals surface area contributed by atoms with Crippen molar-refractivity contribution in [2.45, 2.75) is 12.8 Å². The molecule has 1 atom stereocenters. The summed E-state index contributed by atoms with van der Waals surface area (Å²) in [4.78, 5) is 0. The minimum atomic E-state index is -0.984. The van der Waals surface area contributed by atoms with Crippen LogP contribution in [0, 0.1) is 5.41 Å². The summed E-state index contributed by atoms with van der Waals surface area (Å²) in [6, 6.07) is 7.59. The van der Waals surface area contributed by atoms with Gasteiger partial charge in [0.25, 0.3) is 5.91 Å². The third-order valence-corrected chi connectivity index (χ3v) is 2.48. The maximum absolute atomic E-state index is 7.80. The Morgan fingerprint density at radius 3 is 2.80 bits per heavy atom. The summed E-state index contributed by atoms with van der Waals surface area (Å²) in [7, 11) is 1.57. The molecule has 1 heterocycles. The number of methoxy groups -OCH3 is 1. The fourth-order valence-electron chi connectivity index (χ4n) is 1.82. The molecular weight excluding hydrogens is 192 g/mol. The molecule has 1 unspecified atom stereocenters. The van der Waals surface area contributed by atoms with Crippen molar-refractivity contribution in [3.05, 3.63) is 35.4 Å². The van der Waals surface area contributed by atoms with E-state index >= 15 is 0 Å². The summed E-state index contributed by atoms with van der Waals surface area (Å²) in [5, 5.41) is 10.7. The molecule has 0 fully saturated rings. The van der Waals surface area contributed by atoms with Crippen LogP contribution in [0.3, 0.4) is 0 Å². The van der Waals surface area contributed by atoms with E-state index in [9.17, 15) is 0 Å². The van der Waals surface area contributed by atoms with Crippen LogP contribution in [0.4, 0.5) is 0 Å². The zero-order valence-electron chi connectivity index (χ0n) is 8.83. The van der Waals surface area contributed by atoms with E-state index in [0.29, 0.717) is 12.4 Å². The van der Waals surface area contributed by atoms with Crippen LogP contribution in [-0.4, -0.2) is 19.6 Å². The molecule has 0 saturated carbocycles. The fraction of sp³-hybridized carbons (Fsp3) is 0.364. The minimum Gasteiger partial charge on any atom is -0.332 e. The monoisotopic (exact) mass is 206 g/mol. The normalized spacial score (nSPS) is 23.7. The zero-order chi connectivity index (χ0) is 10.9. The Hall–Kier alpha value is -1.39. The first-order valence-corrected chi connectivity index (χ1v) is 4.89. The highest BCUT2D eigenvalue weighted by Gasteiger charge is 2.42. The SMILES string of the molecule is CCOC1(OC)NC(=N)c2ccccc21. The molecule has 0 bridgehead atoms. The number of rotatable bonds is 3. The van der Waals surface area contributed by atoms with Crippen LogP contribution in [0.25, 0.3) is 0 Å². The summed E-state index contributed by atoms with van der Waals surface area (Å²) in [6.45, 7) is 2.41. The van der Waals surface area contributed by atoms with Crippen LogP contribution in [0.15, 0.2) is 24.3 Å². The summed E-state index contributed by atoms with van der Waals surface area (Å²) in [5.41, 5.74) is 1.69. The van der Waals surface area contributed by atoms with Gasteiger partial charge in [0.1, 0.15) is 5.84 Å². The molecule has 0 aromatic heterocycles. The Labute approximate surface area is 88.7 Å². The van der Waals surface area contributed by atoms with E-state index in [-0.39, 0.29) is 0 Å². The van der Waals surface area contributed by atoms with Crippen LogP contribution in [0.5, 0.6) is 0 Å². The van der Waals surface area contributed by atoms with E-state index in [1.165, 1.54) is 0 Å². The molecule has 4 nitrogen and oxygen atoms in total. The fourth-order valence-corrected chi connectivity index (χ4v) is 1.82. The molecule has 1 aromatic carbocycles. The maximum atomic E-state index is 7.80. The van der Waals surface area contributed by atoms with Crippen LogP contribution in [0.2, 0.25) is 0 Å². The van der Waals surface area contributed by atoms with Crippen LogP contribution in [0.1, 0.15) is 18.1 Å². The average Bonchev–Trinajstić information content (AvgIpc) is 2.55. The van der Waals surface area contributed by atoms with Crippen LogP contribution in [-0.2, 0) is 15.4 Å². The Morgan fingerprint density at radius 1 is 1.40 bits per heavy atom. The smallest absolute Gasteiger partial charge is 0.279 e. The van der Waals surface area contributed by atoms with Crippen molar-refractivity contribution >= 4 is 5.84 Å². The van der Waals surface area contributed by atoms with Crippen molar-refractivity contribution in [2.75, 3.05) is 13.7 Å². The quantitative estimate of drug-likeness (QED) is 0.735. The average molecular weight is 206 g/mol. The van der Waals surface area contributed by atoms with E-state index < -0.39 is 5.91 Å². The van der Waals surface area contributed by atoms with Gasteiger partial charge in [0.2, 0.25) is 0 Å². The summed E-state index contributed by atoms with van der Waals surface area (Å²) >= 11 is 0. The van der Waals surface area contributed by atoms with E-state index in [2.05, 4.69) is 5.32 Å². The number of ether oxygens (including phenoxy) is 2. The number of hydrogen-bond donors (Lipinski definition) is 2. The molecule has 80 valence electrons. The first kappa shape index (κ1) is 10.1. The third-order valence-electron chi connectivity index (χ3n) is 2.48. The largest absolute Gasteiger partial charge is 0.332 e.